The van der Waals surface area contributed by atoms with Gasteiger partial charge in [-0.2, -0.15) is 0 Å². The van der Waals surface area contributed by atoms with E-state index in [-0.39, 0.29) is 5.67 Å². The zero-order valence-electron chi connectivity index (χ0n) is 8.66. The molecule has 0 amide bonds. The molecule has 0 bridgehead atoms. The van der Waals surface area contributed by atoms with E-state index >= 15 is 0 Å². The van der Waals surface area contributed by atoms with Crippen LogP contribution in [0.1, 0.15) is 25.7 Å². The summed E-state index contributed by atoms with van der Waals surface area (Å²) in [6.07, 6.45) is 4.34. The maximum atomic E-state index is 5.90. The van der Waals surface area contributed by atoms with Crippen molar-refractivity contribution < 1.29 is 8.85 Å². The quantitative estimate of drug-likeness (QED) is 0.429. The minimum absolute atomic E-state index is 0.104. The van der Waals surface area contributed by atoms with Gasteiger partial charge in [0.15, 0.2) is 0 Å². The minimum Gasteiger partial charge on any atom is -0.399 e. The Morgan fingerprint density at radius 3 is 2.23 bits per heavy atom. The molecule has 1 unspecified atom stereocenters. The van der Waals surface area contributed by atoms with Crippen LogP contribution in [0.2, 0.25) is 0 Å². The van der Waals surface area contributed by atoms with Crippen molar-refractivity contribution in [1.29, 1.82) is 0 Å². The van der Waals surface area contributed by atoms with Gasteiger partial charge in [0.05, 0.1) is 0 Å². The Bertz CT molecular complexity index is 112. The molecule has 0 rings (SSSR count). The van der Waals surface area contributed by atoms with Crippen LogP contribution in [0.4, 0.5) is 0 Å². The summed E-state index contributed by atoms with van der Waals surface area (Å²) < 4.78 is 10.4. The van der Waals surface area contributed by atoms with Gasteiger partial charge in [0.2, 0.25) is 0 Å². The van der Waals surface area contributed by atoms with Crippen molar-refractivity contribution in [2.45, 2.75) is 31.3 Å². The maximum absolute atomic E-state index is 5.90. The molecule has 5 heteroatoms. The van der Waals surface area contributed by atoms with E-state index in [1.54, 1.807) is 14.2 Å². The lowest BCUT2D eigenvalue weighted by Gasteiger charge is -2.18. The zero-order valence-corrected chi connectivity index (χ0v) is 9.82. The van der Waals surface area contributed by atoms with Gasteiger partial charge in [-0.25, -0.2) is 0 Å². The highest BCUT2D eigenvalue weighted by Gasteiger charge is 2.19. The van der Waals surface area contributed by atoms with Crippen LogP contribution in [0.25, 0.3) is 0 Å². The molecule has 0 aliphatic heterocycles. The third-order valence-electron chi connectivity index (χ3n) is 2.06. The van der Waals surface area contributed by atoms with Crippen molar-refractivity contribution in [3.63, 3.8) is 0 Å². The van der Waals surface area contributed by atoms with Crippen LogP contribution in [-0.2, 0) is 8.85 Å². The van der Waals surface area contributed by atoms with E-state index in [9.17, 15) is 0 Å². The molecule has 0 fully saturated rings. The second-order valence-electron chi connectivity index (χ2n) is 3.14. The highest BCUT2D eigenvalue weighted by atomic mass is 28.3. The predicted octanol–water partition coefficient (Wildman–Crippen LogP) is -0.115. The van der Waals surface area contributed by atoms with Crippen LogP contribution in [-0.4, -0.2) is 35.7 Å². The molecule has 0 aromatic carbocycles. The summed E-state index contributed by atoms with van der Waals surface area (Å²) in [5, 5.41) is 0. The summed E-state index contributed by atoms with van der Waals surface area (Å²) in [5.41, 5.74) is 11.4. The van der Waals surface area contributed by atoms with Crippen molar-refractivity contribution in [2.24, 2.45) is 11.5 Å². The molecule has 0 spiro atoms. The van der Waals surface area contributed by atoms with Gasteiger partial charge in [-0.3, -0.25) is 0 Å². The summed E-state index contributed by atoms with van der Waals surface area (Å²) in [6, 6.07) is 0. The number of nitrogens with two attached hydrogens (primary N) is 2. The number of hydrogen-bond acceptors (Lipinski definition) is 4. The number of rotatable bonds is 8. The number of unbranched alkanes of at least 4 members (excludes halogenated alkanes) is 2. The molecule has 0 heterocycles. The SMILES string of the molecule is CO[SiH](OC)C(N)CCCCCN. The highest BCUT2D eigenvalue weighted by Crippen LogP contribution is 2.04. The van der Waals surface area contributed by atoms with E-state index in [2.05, 4.69) is 0 Å². The molecule has 0 saturated carbocycles. The van der Waals surface area contributed by atoms with E-state index in [0.717, 1.165) is 32.2 Å². The standard InChI is InChI=1S/C8H22N2O2Si/c1-11-13(12-2)8(10)6-4-3-5-7-9/h8,13H,3-7,9-10H2,1-2H3. The molecule has 0 aromatic rings. The van der Waals surface area contributed by atoms with Gasteiger partial charge < -0.3 is 20.3 Å². The predicted molar refractivity (Wildman–Crippen MR) is 56.7 cm³/mol. The Morgan fingerprint density at radius 2 is 1.77 bits per heavy atom. The van der Waals surface area contributed by atoms with Crippen LogP contribution < -0.4 is 11.5 Å². The molecular weight excluding hydrogens is 184 g/mol. The lowest BCUT2D eigenvalue weighted by molar-refractivity contribution is 0.263. The van der Waals surface area contributed by atoms with Crippen molar-refractivity contribution in [2.75, 3.05) is 20.8 Å². The molecule has 4 nitrogen and oxygen atoms in total. The minimum atomic E-state index is -1.59. The first-order valence-electron chi connectivity index (χ1n) is 4.77. The van der Waals surface area contributed by atoms with Gasteiger partial charge in [0.25, 0.3) is 0 Å². The number of hydrogen-bond donors (Lipinski definition) is 2. The fraction of sp³-hybridized carbons (Fsp3) is 1.00. The van der Waals surface area contributed by atoms with Gasteiger partial charge in [-0.15, -0.1) is 0 Å². The van der Waals surface area contributed by atoms with Gasteiger partial charge in [-0.05, 0) is 19.4 Å². The molecule has 0 aliphatic carbocycles. The van der Waals surface area contributed by atoms with E-state index in [1.807, 2.05) is 0 Å². The van der Waals surface area contributed by atoms with Crippen LogP contribution in [0, 0.1) is 0 Å². The van der Waals surface area contributed by atoms with Crippen molar-refractivity contribution in [1.82, 2.24) is 0 Å². The van der Waals surface area contributed by atoms with Gasteiger partial charge in [-0.1, -0.05) is 12.8 Å². The monoisotopic (exact) mass is 206 g/mol. The van der Waals surface area contributed by atoms with Crippen LogP contribution in [0.3, 0.4) is 0 Å². The fourth-order valence-electron chi connectivity index (χ4n) is 1.28. The second-order valence-corrected chi connectivity index (χ2v) is 5.68. The summed E-state index contributed by atoms with van der Waals surface area (Å²) in [7, 11) is 1.74. The molecular formula is C8H22N2O2Si. The fourth-order valence-corrected chi connectivity index (χ4v) is 2.68. The summed E-state index contributed by atoms with van der Waals surface area (Å²) in [4.78, 5) is 0. The summed E-state index contributed by atoms with van der Waals surface area (Å²) >= 11 is 0. The Balaban J connectivity index is 3.42. The van der Waals surface area contributed by atoms with Crippen molar-refractivity contribution in [3.05, 3.63) is 0 Å². The van der Waals surface area contributed by atoms with Gasteiger partial charge in [0.1, 0.15) is 0 Å². The van der Waals surface area contributed by atoms with E-state index in [1.165, 1.54) is 0 Å². The third-order valence-corrected chi connectivity index (χ3v) is 4.02. The maximum Gasteiger partial charge on any atom is 0.338 e. The molecule has 0 radical (unpaired) electrons. The van der Waals surface area contributed by atoms with Crippen LogP contribution >= 0.6 is 0 Å². The van der Waals surface area contributed by atoms with Crippen LogP contribution in [0.5, 0.6) is 0 Å². The molecule has 0 aromatic heterocycles. The topological polar surface area (TPSA) is 70.5 Å². The highest BCUT2D eigenvalue weighted by molar-refractivity contribution is 6.46. The summed E-state index contributed by atoms with van der Waals surface area (Å²) in [5.74, 6) is 0. The zero-order chi connectivity index (χ0) is 10.1. The van der Waals surface area contributed by atoms with Crippen molar-refractivity contribution in [3.8, 4) is 0 Å². The van der Waals surface area contributed by atoms with Crippen molar-refractivity contribution >= 4 is 9.28 Å². The second kappa shape index (κ2) is 8.65. The first-order valence-corrected chi connectivity index (χ1v) is 6.38. The Labute approximate surface area is 82.4 Å². The van der Waals surface area contributed by atoms with Gasteiger partial charge in [0, 0.05) is 19.9 Å². The lowest BCUT2D eigenvalue weighted by atomic mass is 10.2. The molecule has 13 heavy (non-hydrogen) atoms. The Hall–Kier alpha value is 0.0569. The van der Waals surface area contributed by atoms with E-state index in [4.69, 9.17) is 20.3 Å². The summed E-state index contributed by atoms with van der Waals surface area (Å²) in [6.45, 7) is 0.769. The molecule has 4 N–H and O–H groups in total. The lowest BCUT2D eigenvalue weighted by Crippen LogP contribution is -2.42. The normalized spacial score (nSPS) is 13.6. The smallest absolute Gasteiger partial charge is 0.338 e. The first-order chi connectivity index (χ1) is 6.26. The molecule has 80 valence electrons. The average molecular weight is 206 g/mol. The molecule has 1 atom stereocenters. The first kappa shape index (κ1) is 13.1. The van der Waals surface area contributed by atoms with E-state index < -0.39 is 9.28 Å². The average Bonchev–Trinajstić information content (AvgIpc) is 2.14. The Kier molecular flexibility index (Phi) is 8.68. The Morgan fingerprint density at radius 1 is 1.15 bits per heavy atom. The van der Waals surface area contributed by atoms with Gasteiger partial charge >= 0.3 is 9.28 Å². The largest absolute Gasteiger partial charge is 0.399 e. The third kappa shape index (κ3) is 6.17. The molecule has 0 aliphatic rings. The molecule has 0 saturated heterocycles. The van der Waals surface area contributed by atoms with Crippen LogP contribution in [0.15, 0.2) is 0 Å². The van der Waals surface area contributed by atoms with E-state index in [0.29, 0.717) is 0 Å².